The summed E-state index contributed by atoms with van der Waals surface area (Å²) in [6, 6.07) is 39.5. The molecule has 0 unspecified atom stereocenters. The Morgan fingerprint density at radius 3 is 1.48 bits per heavy atom. The molecule has 1 fully saturated rings. The lowest BCUT2D eigenvalue weighted by molar-refractivity contribution is -0.329. The maximum Gasteiger partial charge on any atom is 0.308 e. The molecule has 0 bridgehead atoms. The number of benzene rings is 4. The molecule has 242 valence electrons. The average Bonchev–Trinajstić information content (AvgIpc) is 3.10. The van der Waals surface area contributed by atoms with Gasteiger partial charge >= 0.3 is 5.97 Å². The fourth-order valence-electron chi connectivity index (χ4n) is 5.19. The maximum atomic E-state index is 11.7. The highest BCUT2D eigenvalue weighted by Gasteiger charge is 2.49. The van der Waals surface area contributed by atoms with Crippen LogP contribution >= 0.6 is 0 Å². The standard InChI is InChI=1S/C38H42O8/c1-28(37(39)40)22-45-38-36(44-26-32-20-12-5-13-21-32)35(43-25-31-18-10-4-11-19-31)34(42-24-30-16-8-3-9-17-30)33(46-38)27-41-23-29-14-6-2-7-15-29/h2-21,28,33-36,38H,22-27H2,1H3,(H,39,40)/t28-,33-,34-,35+,36+,38-/m1/s1. The van der Waals surface area contributed by atoms with Gasteiger partial charge in [0, 0.05) is 0 Å². The largest absolute Gasteiger partial charge is 0.481 e. The first-order chi connectivity index (χ1) is 22.6. The van der Waals surface area contributed by atoms with E-state index < -0.39 is 42.6 Å². The van der Waals surface area contributed by atoms with Crippen molar-refractivity contribution in [2.24, 2.45) is 5.92 Å². The van der Waals surface area contributed by atoms with Crippen LogP contribution in [0.3, 0.4) is 0 Å². The molecule has 1 saturated heterocycles. The molecule has 1 N–H and O–H groups in total. The molecule has 46 heavy (non-hydrogen) atoms. The number of carbonyl (C=O) groups is 1. The van der Waals surface area contributed by atoms with Crippen LogP contribution in [0.1, 0.15) is 29.2 Å². The van der Waals surface area contributed by atoms with Gasteiger partial charge in [-0.1, -0.05) is 121 Å². The van der Waals surface area contributed by atoms with Crippen molar-refractivity contribution >= 4 is 5.97 Å². The highest BCUT2D eigenvalue weighted by molar-refractivity contribution is 5.69. The van der Waals surface area contributed by atoms with E-state index >= 15 is 0 Å². The number of rotatable bonds is 17. The van der Waals surface area contributed by atoms with Crippen molar-refractivity contribution in [3.8, 4) is 0 Å². The summed E-state index contributed by atoms with van der Waals surface area (Å²) in [5.41, 5.74) is 4.00. The Hall–Kier alpha value is -3.89. The molecular weight excluding hydrogens is 584 g/mol. The second-order valence-electron chi connectivity index (χ2n) is 11.4. The van der Waals surface area contributed by atoms with Crippen molar-refractivity contribution < 1.29 is 38.3 Å². The van der Waals surface area contributed by atoms with Crippen LogP contribution in [0.5, 0.6) is 0 Å². The van der Waals surface area contributed by atoms with Crippen molar-refractivity contribution in [2.75, 3.05) is 13.2 Å². The molecule has 0 spiro atoms. The Balaban J connectivity index is 1.44. The number of carboxylic acid groups (broad SMARTS) is 1. The van der Waals surface area contributed by atoms with E-state index in [1.54, 1.807) is 6.92 Å². The van der Waals surface area contributed by atoms with Crippen LogP contribution < -0.4 is 0 Å². The molecule has 4 aromatic rings. The van der Waals surface area contributed by atoms with Gasteiger partial charge in [-0.3, -0.25) is 4.79 Å². The zero-order valence-electron chi connectivity index (χ0n) is 26.1. The Morgan fingerprint density at radius 2 is 1.02 bits per heavy atom. The van der Waals surface area contributed by atoms with Gasteiger partial charge in [0.25, 0.3) is 0 Å². The molecule has 0 radical (unpaired) electrons. The minimum absolute atomic E-state index is 0.0657. The number of hydrogen-bond acceptors (Lipinski definition) is 7. The molecule has 4 aromatic carbocycles. The van der Waals surface area contributed by atoms with Gasteiger partial charge in [-0.15, -0.1) is 0 Å². The van der Waals surface area contributed by atoms with E-state index in [9.17, 15) is 9.90 Å². The fourth-order valence-corrected chi connectivity index (χ4v) is 5.19. The quantitative estimate of drug-likeness (QED) is 0.144. The number of aliphatic carboxylic acids is 1. The first-order valence-corrected chi connectivity index (χ1v) is 15.6. The first-order valence-electron chi connectivity index (χ1n) is 15.6. The van der Waals surface area contributed by atoms with Crippen molar-refractivity contribution in [1.82, 2.24) is 0 Å². The molecule has 1 aliphatic rings. The maximum absolute atomic E-state index is 11.7. The van der Waals surface area contributed by atoms with Crippen LogP contribution in [-0.2, 0) is 59.6 Å². The molecule has 5 rings (SSSR count). The molecule has 0 amide bonds. The Labute approximate surface area is 270 Å². The third-order valence-corrected chi connectivity index (χ3v) is 7.77. The molecule has 0 aliphatic carbocycles. The summed E-state index contributed by atoms with van der Waals surface area (Å²) in [5, 5.41) is 9.57. The van der Waals surface area contributed by atoms with Gasteiger partial charge in [-0.05, 0) is 29.2 Å². The van der Waals surface area contributed by atoms with E-state index in [2.05, 4.69) is 0 Å². The summed E-state index contributed by atoms with van der Waals surface area (Å²) < 4.78 is 38.7. The van der Waals surface area contributed by atoms with Gasteiger partial charge in [0.2, 0.25) is 0 Å². The lowest BCUT2D eigenvalue weighted by atomic mass is 9.97. The van der Waals surface area contributed by atoms with Crippen molar-refractivity contribution in [3.05, 3.63) is 144 Å². The number of carboxylic acids is 1. The molecule has 0 saturated carbocycles. The predicted molar refractivity (Wildman–Crippen MR) is 173 cm³/mol. The van der Waals surface area contributed by atoms with E-state index in [0.717, 1.165) is 22.3 Å². The molecular formula is C38H42O8. The average molecular weight is 627 g/mol. The highest BCUT2D eigenvalue weighted by Crippen LogP contribution is 2.32. The van der Waals surface area contributed by atoms with Gasteiger partial charge < -0.3 is 33.5 Å². The Morgan fingerprint density at radius 1 is 0.609 bits per heavy atom. The SMILES string of the molecule is C[C@H](CO[C@@H]1O[C@H](COCc2ccccc2)[C@@H](OCc2ccccc2)[C@H](OCc2ccccc2)[C@@H]1OCc1ccccc1)C(=O)O. The van der Waals surface area contributed by atoms with Gasteiger partial charge in [-0.2, -0.15) is 0 Å². The summed E-state index contributed by atoms with van der Waals surface area (Å²) in [6.07, 6.45) is -3.52. The third kappa shape index (κ3) is 10.1. The van der Waals surface area contributed by atoms with Crippen LogP contribution in [0, 0.1) is 5.92 Å². The minimum Gasteiger partial charge on any atom is -0.481 e. The van der Waals surface area contributed by atoms with Crippen molar-refractivity contribution in [3.63, 3.8) is 0 Å². The summed E-state index contributed by atoms with van der Waals surface area (Å²) >= 11 is 0. The Bertz CT molecular complexity index is 1420. The van der Waals surface area contributed by atoms with Gasteiger partial charge in [0.15, 0.2) is 6.29 Å². The molecule has 1 aliphatic heterocycles. The minimum atomic E-state index is -0.957. The zero-order valence-corrected chi connectivity index (χ0v) is 26.1. The normalized spacial score (nSPS) is 21.9. The summed E-state index contributed by atoms with van der Waals surface area (Å²) in [6.45, 7) is 3.01. The van der Waals surface area contributed by atoms with Gasteiger partial charge in [0.1, 0.15) is 24.4 Å². The molecule has 8 heteroatoms. The van der Waals surface area contributed by atoms with E-state index in [0.29, 0.717) is 19.8 Å². The number of ether oxygens (including phenoxy) is 6. The van der Waals surface area contributed by atoms with Crippen LogP contribution in [0.4, 0.5) is 0 Å². The van der Waals surface area contributed by atoms with Crippen LogP contribution in [-0.4, -0.2) is 55.0 Å². The lowest BCUT2D eigenvalue weighted by Gasteiger charge is -2.46. The Kier molecular flexibility index (Phi) is 12.9. The van der Waals surface area contributed by atoms with E-state index in [-0.39, 0.29) is 19.8 Å². The summed E-state index contributed by atoms with van der Waals surface area (Å²) in [4.78, 5) is 11.7. The summed E-state index contributed by atoms with van der Waals surface area (Å²) in [5.74, 6) is -1.71. The fraction of sp³-hybridized carbons (Fsp3) is 0.342. The predicted octanol–water partition coefficient (Wildman–Crippen LogP) is 6.42. The van der Waals surface area contributed by atoms with E-state index in [1.807, 2.05) is 121 Å². The van der Waals surface area contributed by atoms with Crippen molar-refractivity contribution in [2.45, 2.75) is 64.1 Å². The topological polar surface area (TPSA) is 92.7 Å². The second kappa shape index (κ2) is 17.7. The van der Waals surface area contributed by atoms with E-state index in [4.69, 9.17) is 28.4 Å². The van der Waals surface area contributed by atoms with E-state index in [1.165, 1.54) is 0 Å². The van der Waals surface area contributed by atoms with Crippen molar-refractivity contribution in [1.29, 1.82) is 0 Å². The van der Waals surface area contributed by atoms with Crippen LogP contribution in [0.2, 0.25) is 0 Å². The monoisotopic (exact) mass is 626 g/mol. The van der Waals surface area contributed by atoms with Crippen LogP contribution in [0.15, 0.2) is 121 Å². The molecule has 1 heterocycles. The highest BCUT2D eigenvalue weighted by atomic mass is 16.7. The third-order valence-electron chi connectivity index (χ3n) is 7.77. The number of hydrogen-bond donors (Lipinski definition) is 1. The summed E-state index contributed by atoms with van der Waals surface area (Å²) in [7, 11) is 0. The van der Waals surface area contributed by atoms with Crippen LogP contribution in [0.25, 0.3) is 0 Å². The van der Waals surface area contributed by atoms with Gasteiger partial charge in [-0.25, -0.2) is 0 Å². The molecule has 6 atom stereocenters. The second-order valence-corrected chi connectivity index (χ2v) is 11.4. The molecule has 8 nitrogen and oxygen atoms in total. The lowest BCUT2D eigenvalue weighted by Crippen LogP contribution is -2.62. The van der Waals surface area contributed by atoms with Gasteiger partial charge in [0.05, 0.1) is 45.6 Å². The smallest absolute Gasteiger partial charge is 0.308 e. The first kappa shape index (κ1) is 33.5. The zero-order chi connectivity index (χ0) is 32.0. The molecule has 0 aromatic heterocycles.